The molecule has 138 valence electrons. The van der Waals surface area contributed by atoms with Crippen LogP contribution < -0.4 is 9.64 Å². The fourth-order valence-electron chi connectivity index (χ4n) is 3.75. The summed E-state index contributed by atoms with van der Waals surface area (Å²) in [5.41, 5.74) is 5.15. The van der Waals surface area contributed by atoms with Crippen molar-refractivity contribution in [2.45, 2.75) is 26.9 Å². The third-order valence-corrected chi connectivity index (χ3v) is 4.96. The molecule has 1 aromatic carbocycles. The van der Waals surface area contributed by atoms with Crippen LogP contribution in [0.5, 0.6) is 5.75 Å². The Morgan fingerprint density at radius 2 is 1.88 bits per heavy atom. The van der Waals surface area contributed by atoms with Gasteiger partial charge in [0.15, 0.2) is 0 Å². The van der Waals surface area contributed by atoms with Crippen LogP contribution >= 0.6 is 0 Å². The minimum Gasteiger partial charge on any atom is -0.489 e. The van der Waals surface area contributed by atoms with Crippen LogP contribution in [0.1, 0.15) is 30.0 Å². The standard InChI is InChI=1S/C20H25N3O3/c1-4-25-17-12-26-19-15(17)6-5-7-16(19)18-13(2)21-20(22-14(18)3)23-8-10-24-11-9-23/h5-7,17H,4,8-12H2,1-3H3/t17-/m1/s1. The first-order valence-corrected chi connectivity index (χ1v) is 9.24. The van der Waals surface area contributed by atoms with Gasteiger partial charge in [-0.25, -0.2) is 9.97 Å². The van der Waals surface area contributed by atoms with E-state index < -0.39 is 0 Å². The Morgan fingerprint density at radius 1 is 1.15 bits per heavy atom. The second kappa shape index (κ2) is 7.21. The molecule has 1 atom stereocenters. The lowest BCUT2D eigenvalue weighted by molar-refractivity contribution is 0.0468. The molecule has 3 heterocycles. The quantitative estimate of drug-likeness (QED) is 0.840. The molecule has 2 aliphatic heterocycles. The lowest BCUT2D eigenvalue weighted by Gasteiger charge is -2.27. The minimum atomic E-state index is 0.00380. The number of ether oxygens (including phenoxy) is 3. The van der Waals surface area contributed by atoms with Crippen LogP contribution in [-0.4, -0.2) is 49.5 Å². The molecule has 0 radical (unpaired) electrons. The van der Waals surface area contributed by atoms with E-state index in [4.69, 9.17) is 24.2 Å². The maximum atomic E-state index is 6.00. The molecule has 0 N–H and O–H groups in total. The molecular formula is C20H25N3O3. The first-order chi connectivity index (χ1) is 12.7. The maximum absolute atomic E-state index is 6.00. The third-order valence-electron chi connectivity index (χ3n) is 4.96. The Bertz CT molecular complexity index is 780. The highest BCUT2D eigenvalue weighted by Gasteiger charge is 2.28. The molecule has 1 saturated heterocycles. The summed E-state index contributed by atoms with van der Waals surface area (Å²) in [6, 6.07) is 6.23. The van der Waals surface area contributed by atoms with Gasteiger partial charge in [-0.05, 0) is 20.8 Å². The van der Waals surface area contributed by atoms with Crippen LogP contribution in [0.15, 0.2) is 18.2 Å². The third kappa shape index (κ3) is 3.04. The molecule has 0 bridgehead atoms. The topological polar surface area (TPSA) is 56.7 Å². The number of hydrogen-bond donors (Lipinski definition) is 0. The number of para-hydroxylation sites is 1. The van der Waals surface area contributed by atoms with Gasteiger partial charge in [-0.2, -0.15) is 0 Å². The Labute approximate surface area is 154 Å². The number of aromatic nitrogens is 2. The highest BCUT2D eigenvalue weighted by Crippen LogP contribution is 2.43. The van der Waals surface area contributed by atoms with Crippen LogP contribution in [0.4, 0.5) is 5.95 Å². The Morgan fingerprint density at radius 3 is 2.58 bits per heavy atom. The van der Waals surface area contributed by atoms with Gasteiger partial charge in [-0.1, -0.05) is 18.2 Å². The summed E-state index contributed by atoms with van der Waals surface area (Å²) in [7, 11) is 0. The van der Waals surface area contributed by atoms with E-state index in [1.807, 2.05) is 20.8 Å². The molecule has 0 saturated carbocycles. The maximum Gasteiger partial charge on any atom is 0.225 e. The lowest BCUT2D eigenvalue weighted by Crippen LogP contribution is -2.37. The fourth-order valence-corrected chi connectivity index (χ4v) is 3.75. The van der Waals surface area contributed by atoms with Crippen molar-refractivity contribution < 1.29 is 14.2 Å². The number of morpholine rings is 1. The number of nitrogens with zero attached hydrogens (tertiary/aromatic N) is 3. The van der Waals surface area contributed by atoms with Crippen molar-refractivity contribution in [2.75, 3.05) is 44.4 Å². The lowest BCUT2D eigenvalue weighted by atomic mass is 9.98. The van der Waals surface area contributed by atoms with Crippen molar-refractivity contribution in [3.8, 4) is 16.9 Å². The van der Waals surface area contributed by atoms with Gasteiger partial charge in [0.25, 0.3) is 0 Å². The summed E-state index contributed by atoms with van der Waals surface area (Å²) >= 11 is 0. The summed E-state index contributed by atoms with van der Waals surface area (Å²) < 4.78 is 17.2. The number of aryl methyl sites for hydroxylation is 2. The molecule has 6 heteroatoms. The molecule has 4 rings (SSSR count). The van der Waals surface area contributed by atoms with Crippen molar-refractivity contribution in [2.24, 2.45) is 0 Å². The molecule has 2 aromatic rings. The van der Waals surface area contributed by atoms with E-state index in [0.717, 1.165) is 66.1 Å². The molecule has 1 aromatic heterocycles. The smallest absolute Gasteiger partial charge is 0.225 e. The van der Waals surface area contributed by atoms with Crippen LogP contribution in [0.25, 0.3) is 11.1 Å². The zero-order valence-corrected chi connectivity index (χ0v) is 15.6. The molecule has 0 unspecified atom stereocenters. The van der Waals surface area contributed by atoms with Crippen molar-refractivity contribution in [3.63, 3.8) is 0 Å². The van der Waals surface area contributed by atoms with Crippen LogP contribution in [0.3, 0.4) is 0 Å². The number of fused-ring (bicyclic) bond motifs is 1. The van der Waals surface area contributed by atoms with Crippen LogP contribution in [0.2, 0.25) is 0 Å². The van der Waals surface area contributed by atoms with Crippen molar-refractivity contribution in [1.82, 2.24) is 9.97 Å². The zero-order valence-electron chi connectivity index (χ0n) is 15.6. The van der Waals surface area contributed by atoms with Crippen molar-refractivity contribution in [1.29, 1.82) is 0 Å². The van der Waals surface area contributed by atoms with E-state index in [-0.39, 0.29) is 6.10 Å². The molecular weight excluding hydrogens is 330 g/mol. The number of anilines is 1. The second-order valence-corrected chi connectivity index (χ2v) is 6.65. The first-order valence-electron chi connectivity index (χ1n) is 9.24. The van der Waals surface area contributed by atoms with E-state index in [0.29, 0.717) is 13.2 Å². The summed E-state index contributed by atoms with van der Waals surface area (Å²) in [5.74, 6) is 1.69. The average molecular weight is 355 g/mol. The van der Waals surface area contributed by atoms with Gasteiger partial charge in [-0.3, -0.25) is 0 Å². The number of hydrogen-bond acceptors (Lipinski definition) is 6. The minimum absolute atomic E-state index is 0.00380. The summed E-state index contributed by atoms with van der Waals surface area (Å²) in [6.07, 6.45) is 0.00380. The van der Waals surface area contributed by atoms with Crippen LogP contribution in [-0.2, 0) is 9.47 Å². The number of benzene rings is 1. The van der Waals surface area contributed by atoms with E-state index in [2.05, 4.69) is 23.1 Å². The monoisotopic (exact) mass is 355 g/mol. The predicted octanol–water partition coefficient (Wildman–Crippen LogP) is 3.07. The predicted molar refractivity (Wildman–Crippen MR) is 99.8 cm³/mol. The largest absolute Gasteiger partial charge is 0.489 e. The van der Waals surface area contributed by atoms with E-state index >= 15 is 0 Å². The molecule has 0 spiro atoms. The molecule has 0 aliphatic carbocycles. The van der Waals surface area contributed by atoms with E-state index in [1.165, 1.54) is 0 Å². The van der Waals surface area contributed by atoms with Gasteiger partial charge in [0.2, 0.25) is 5.95 Å². The first kappa shape index (κ1) is 17.2. The Kier molecular flexibility index (Phi) is 4.78. The van der Waals surface area contributed by atoms with Crippen LogP contribution in [0, 0.1) is 13.8 Å². The SMILES string of the molecule is CCO[C@@H]1COc2c(-c3c(C)nc(N4CCOCC4)nc3C)cccc21. The zero-order chi connectivity index (χ0) is 18.1. The Hall–Kier alpha value is -2.18. The summed E-state index contributed by atoms with van der Waals surface area (Å²) in [5, 5.41) is 0. The van der Waals surface area contributed by atoms with E-state index in [9.17, 15) is 0 Å². The van der Waals surface area contributed by atoms with Gasteiger partial charge in [0.05, 0.1) is 24.6 Å². The normalized spacial score (nSPS) is 19.3. The highest BCUT2D eigenvalue weighted by atomic mass is 16.5. The molecule has 0 amide bonds. The van der Waals surface area contributed by atoms with Crippen molar-refractivity contribution in [3.05, 3.63) is 35.2 Å². The van der Waals surface area contributed by atoms with Gasteiger partial charge in [0, 0.05) is 36.4 Å². The van der Waals surface area contributed by atoms with Gasteiger partial charge in [-0.15, -0.1) is 0 Å². The molecule has 2 aliphatic rings. The average Bonchev–Trinajstić information content (AvgIpc) is 3.06. The molecule has 26 heavy (non-hydrogen) atoms. The highest BCUT2D eigenvalue weighted by molar-refractivity contribution is 5.77. The van der Waals surface area contributed by atoms with Crippen molar-refractivity contribution >= 4 is 5.95 Å². The second-order valence-electron chi connectivity index (χ2n) is 6.65. The fraction of sp³-hybridized carbons (Fsp3) is 0.500. The summed E-state index contributed by atoms with van der Waals surface area (Å²) in [4.78, 5) is 11.8. The van der Waals surface area contributed by atoms with E-state index in [1.54, 1.807) is 0 Å². The Balaban J connectivity index is 1.73. The number of rotatable bonds is 4. The summed E-state index contributed by atoms with van der Waals surface area (Å²) in [6.45, 7) is 10.4. The van der Waals surface area contributed by atoms with Gasteiger partial charge in [0.1, 0.15) is 18.5 Å². The molecule has 1 fully saturated rings. The van der Waals surface area contributed by atoms with Gasteiger partial charge < -0.3 is 19.1 Å². The van der Waals surface area contributed by atoms with Gasteiger partial charge >= 0.3 is 0 Å². The molecule has 6 nitrogen and oxygen atoms in total.